The molecule has 0 spiro atoms. The van der Waals surface area contributed by atoms with Gasteiger partial charge in [0.15, 0.2) is 0 Å². The Hall–Kier alpha value is -0.770. The number of aromatic nitrogens is 2. The largest absolute Gasteiger partial charge is 0.301 e. The molecule has 0 aromatic carbocycles. The summed E-state index contributed by atoms with van der Waals surface area (Å²) in [6.07, 6.45) is 2.40. The van der Waals surface area contributed by atoms with Crippen LogP contribution in [0.2, 0.25) is 0 Å². The second-order valence-electron chi connectivity index (χ2n) is 4.23. The van der Waals surface area contributed by atoms with Crippen molar-refractivity contribution in [3.8, 4) is 0 Å². The number of nitrogens with one attached hydrogen (secondary N) is 2. The minimum absolute atomic E-state index is 0.154. The molecule has 1 aromatic rings. The van der Waals surface area contributed by atoms with Crippen molar-refractivity contribution in [2.24, 2.45) is 0 Å². The lowest BCUT2D eigenvalue weighted by Crippen LogP contribution is -2.37. The molecule has 1 aliphatic carbocycles. The van der Waals surface area contributed by atoms with Crippen LogP contribution in [0.25, 0.3) is 0 Å². The Labute approximate surface area is 119 Å². The van der Waals surface area contributed by atoms with Gasteiger partial charge in [0, 0.05) is 18.3 Å². The first-order valence-electron chi connectivity index (χ1n) is 5.66. The van der Waals surface area contributed by atoms with Crippen molar-refractivity contribution in [3.63, 3.8) is 0 Å². The van der Waals surface area contributed by atoms with Crippen LogP contribution in [0.3, 0.4) is 0 Å². The molecule has 10 heteroatoms. The molecular formula is C9H13ClN4O3S2. The third-order valence-corrected chi connectivity index (χ3v) is 5.88. The summed E-state index contributed by atoms with van der Waals surface area (Å²) in [6.45, 7) is 1.31. The summed E-state index contributed by atoms with van der Waals surface area (Å²) in [5.41, 5.74) is 0. The van der Waals surface area contributed by atoms with Gasteiger partial charge < -0.3 is 5.32 Å². The number of alkyl halides is 1. The van der Waals surface area contributed by atoms with Crippen molar-refractivity contribution in [1.82, 2.24) is 14.9 Å². The van der Waals surface area contributed by atoms with E-state index in [0.717, 1.165) is 24.2 Å². The fourth-order valence-electron chi connectivity index (χ4n) is 1.82. The Morgan fingerprint density at radius 1 is 1.42 bits per heavy atom. The monoisotopic (exact) mass is 324 g/mol. The van der Waals surface area contributed by atoms with Crippen LogP contribution in [0.15, 0.2) is 4.34 Å². The number of rotatable bonds is 4. The van der Waals surface area contributed by atoms with Crippen LogP contribution in [0.4, 0.5) is 5.13 Å². The van der Waals surface area contributed by atoms with Gasteiger partial charge in [-0.1, -0.05) is 17.8 Å². The first-order valence-corrected chi connectivity index (χ1v) is 8.39. The molecule has 2 N–H and O–H groups in total. The maximum Gasteiger partial charge on any atom is 0.270 e. The highest BCUT2D eigenvalue weighted by Gasteiger charge is 2.31. The summed E-state index contributed by atoms with van der Waals surface area (Å²) in [5.74, 6) is -0.329. The minimum Gasteiger partial charge on any atom is -0.301 e. The van der Waals surface area contributed by atoms with Gasteiger partial charge in [-0.05, 0) is 12.8 Å². The maximum atomic E-state index is 12.1. The highest BCUT2D eigenvalue weighted by molar-refractivity contribution is 7.91. The lowest BCUT2D eigenvalue weighted by atomic mass is 10.3. The molecule has 7 nitrogen and oxygen atoms in total. The molecule has 2 unspecified atom stereocenters. The van der Waals surface area contributed by atoms with Gasteiger partial charge in [-0.3, -0.25) is 4.79 Å². The average molecular weight is 325 g/mol. The van der Waals surface area contributed by atoms with Gasteiger partial charge in [-0.15, -0.1) is 21.8 Å². The molecule has 1 aliphatic rings. The number of anilines is 1. The highest BCUT2D eigenvalue weighted by Crippen LogP contribution is 2.26. The molecule has 1 amide bonds. The van der Waals surface area contributed by atoms with Crippen molar-refractivity contribution < 1.29 is 13.2 Å². The van der Waals surface area contributed by atoms with Crippen LogP contribution in [0.5, 0.6) is 0 Å². The number of sulfonamides is 1. The van der Waals surface area contributed by atoms with Crippen LogP contribution in [-0.2, 0) is 14.8 Å². The smallest absolute Gasteiger partial charge is 0.270 e. The molecule has 1 aromatic heterocycles. The Kier molecular flexibility index (Phi) is 4.39. The second-order valence-corrected chi connectivity index (χ2v) is 7.65. The number of carbonyl (C=O) groups is 1. The number of amides is 1. The molecule has 0 bridgehead atoms. The van der Waals surface area contributed by atoms with Crippen molar-refractivity contribution in [1.29, 1.82) is 0 Å². The van der Waals surface area contributed by atoms with Gasteiger partial charge in [0.25, 0.3) is 10.0 Å². The number of nitrogens with zero attached hydrogens (tertiary/aromatic N) is 2. The molecule has 1 heterocycles. The Bertz CT molecular complexity index is 574. The van der Waals surface area contributed by atoms with Crippen LogP contribution >= 0.6 is 22.9 Å². The van der Waals surface area contributed by atoms with Crippen molar-refractivity contribution >= 4 is 44.0 Å². The van der Waals surface area contributed by atoms with E-state index in [4.69, 9.17) is 11.6 Å². The molecule has 0 aliphatic heterocycles. The van der Waals surface area contributed by atoms with E-state index in [1.54, 1.807) is 0 Å². The normalized spacial score (nSPS) is 23.5. The summed E-state index contributed by atoms with van der Waals surface area (Å²) < 4.78 is 26.5. The fraction of sp³-hybridized carbons (Fsp3) is 0.667. The van der Waals surface area contributed by atoms with E-state index in [9.17, 15) is 13.2 Å². The van der Waals surface area contributed by atoms with Gasteiger partial charge in [-0.25, -0.2) is 13.1 Å². The molecular weight excluding hydrogens is 312 g/mol. The van der Waals surface area contributed by atoms with E-state index < -0.39 is 10.0 Å². The summed E-state index contributed by atoms with van der Waals surface area (Å²) in [5, 5.41) is 9.51. The molecule has 2 atom stereocenters. The Morgan fingerprint density at radius 3 is 2.74 bits per heavy atom. The first-order chi connectivity index (χ1) is 8.88. The van der Waals surface area contributed by atoms with Crippen molar-refractivity contribution in [2.75, 3.05) is 5.32 Å². The third-order valence-electron chi connectivity index (χ3n) is 2.66. The maximum absolute atomic E-state index is 12.1. The summed E-state index contributed by atoms with van der Waals surface area (Å²) in [4.78, 5) is 10.8. The lowest BCUT2D eigenvalue weighted by Gasteiger charge is -2.14. The number of carbonyl (C=O) groups excluding carboxylic acids is 1. The van der Waals surface area contributed by atoms with E-state index in [0.29, 0.717) is 6.42 Å². The Morgan fingerprint density at radius 2 is 2.16 bits per heavy atom. The van der Waals surface area contributed by atoms with E-state index in [-0.39, 0.29) is 26.8 Å². The van der Waals surface area contributed by atoms with Crippen LogP contribution in [0.1, 0.15) is 26.2 Å². The van der Waals surface area contributed by atoms with E-state index in [1.165, 1.54) is 6.92 Å². The highest BCUT2D eigenvalue weighted by atomic mass is 35.5. The predicted molar refractivity (Wildman–Crippen MR) is 71.8 cm³/mol. The van der Waals surface area contributed by atoms with Crippen molar-refractivity contribution in [2.45, 2.75) is 41.9 Å². The topological polar surface area (TPSA) is 101 Å². The van der Waals surface area contributed by atoms with E-state index in [2.05, 4.69) is 20.2 Å². The van der Waals surface area contributed by atoms with Gasteiger partial charge in [0.05, 0.1) is 0 Å². The summed E-state index contributed by atoms with van der Waals surface area (Å²) in [6, 6.07) is -0.278. The van der Waals surface area contributed by atoms with Crippen molar-refractivity contribution in [3.05, 3.63) is 0 Å². The van der Waals surface area contributed by atoms with Crippen LogP contribution in [0, 0.1) is 0 Å². The molecule has 1 saturated carbocycles. The Balaban J connectivity index is 2.10. The fourth-order valence-corrected chi connectivity index (χ4v) is 4.51. The lowest BCUT2D eigenvalue weighted by molar-refractivity contribution is -0.114. The number of hydrogen-bond acceptors (Lipinski definition) is 6. The van der Waals surface area contributed by atoms with Gasteiger partial charge in [0.1, 0.15) is 0 Å². The predicted octanol–water partition coefficient (Wildman–Crippen LogP) is 0.935. The van der Waals surface area contributed by atoms with Gasteiger partial charge in [-0.2, -0.15) is 0 Å². The molecule has 0 saturated heterocycles. The van der Waals surface area contributed by atoms with Gasteiger partial charge >= 0.3 is 0 Å². The zero-order valence-electron chi connectivity index (χ0n) is 10.1. The zero-order chi connectivity index (χ0) is 14.0. The number of hydrogen-bond donors (Lipinski definition) is 2. The molecule has 0 radical (unpaired) electrons. The van der Waals surface area contributed by atoms with E-state index in [1.807, 2.05) is 0 Å². The van der Waals surface area contributed by atoms with Crippen LogP contribution < -0.4 is 10.0 Å². The molecule has 2 rings (SSSR count). The minimum atomic E-state index is -3.73. The molecule has 1 fully saturated rings. The SMILES string of the molecule is CC(=O)Nc1nnc(S(=O)(=O)NC2CCCC2Cl)s1. The third kappa shape index (κ3) is 3.62. The van der Waals surface area contributed by atoms with E-state index >= 15 is 0 Å². The summed E-state index contributed by atoms with van der Waals surface area (Å²) in [7, 11) is -3.73. The van der Waals surface area contributed by atoms with Gasteiger partial charge in [0.2, 0.25) is 15.4 Å². The quantitative estimate of drug-likeness (QED) is 0.634. The zero-order valence-corrected chi connectivity index (χ0v) is 12.5. The summed E-state index contributed by atoms with van der Waals surface area (Å²) >= 11 is 6.83. The average Bonchev–Trinajstić information content (AvgIpc) is 2.88. The second kappa shape index (κ2) is 5.70. The first kappa shape index (κ1) is 14.6. The standard InChI is InChI=1S/C9H13ClN4O3S2/c1-5(15)11-8-12-13-9(18-8)19(16,17)14-7-4-2-3-6(7)10/h6-7,14H,2-4H2,1H3,(H,11,12,15). The molecule has 106 valence electrons. The molecule has 19 heavy (non-hydrogen) atoms. The van der Waals surface area contributed by atoms with Crippen LogP contribution in [-0.4, -0.2) is 35.9 Å². The number of halogens is 1.